The third kappa shape index (κ3) is 2.13. The lowest BCUT2D eigenvalue weighted by Gasteiger charge is -2.27. The number of rotatable bonds is 1. The molecule has 4 rings (SSSR count). The quantitative estimate of drug-likeness (QED) is 0.687. The summed E-state index contributed by atoms with van der Waals surface area (Å²) in [6.07, 6.45) is 2.47. The highest BCUT2D eigenvalue weighted by Crippen LogP contribution is 2.22. The second-order valence-corrected chi connectivity index (χ2v) is 5.44. The van der Waals surface area contributed by atoms with Crippen LogP contribution in [0.5, 0.6) is 0 Å². The van der Waals surface area contributed by atoms with Gasteiger partial charge < -0.3 is 9.42 Å². The van der Waals surface area contributed by atoms with Gasteiger partial charge in [0.2, 0.25) is 0 Å². The van der Waals surface area contributed by atoms with Crippen LogP contribution in [0.1, 0.15) is 27.5 Å². The van der Waals surface area contributed by atoms with Gasteiger partial charge in [0.05, 0.1) is 0 Å². The van der Waals surface area contributed by atoms with E-state index < -0.39 is 0 Å². The molecule has 0 saturated heterocycles. The van der Waals surface area contributed by atoms with Gasteiger partial charge in [-0.05, 0) is 30.7 Å². The molecular formula is C16H14N4O2. The molecule has 1 amide bonds. The molecule has 6 nitrogen and oxygen atoms in total. The Bertz CT molecular complexity index is 871. The number of amides is 1. The molecule has 22 heavy (non-hydrogen) atoms. The summed E-state index contributed by atoms with van der Waals surface area (Å²) in [5.74, 6) is 0.535. The Morgan fingerprint density at radius 1 is 1.36 bits per heavy atom. The molecule has 3 aromatic heterocycles. The van der Waals surface area contributed by atoms with Crippen LogP contribution in [0.15, 0.2) is 35.0 Å². The molecule has 0 unspecified atom stereocenters. The fraction of sp³-hybridized carbons (Fsp3) is 0.250. The first-order chi connectivity index (χ1) is 10.7. The first-order valence-electron chi connectivity index (χ1n) is 7.17. The third-order valence-electron chi connectivity index (χ3n) is 3.87. The Kier molecular flexibility index (Phi) is 2.89. The molecule has 0 radical (unpaired) electrons. The first kappa shape index (κ1) is 12.9. The number of aromatic nitrogens is 3. The van der Waals surface area contributed by atoms with E-state index in [1.54, 1.807) is 24.1 Å². The maximum absolute atomic E-state index is 12.5. The highest BCUT2D eigenvalue weighted by Gasteiger charge is 2.25. The van der Waals surface area contributed by atoms with E-state index in [2.05, 4.69) is 21.2 Å². The zero-order valence-electron chi connectivity index (χ0n) is 12.1. The predicted octanol–water partition coefficient (Wildman–Crippen LogP) is 2.12. The summed E-state index contributed by atoms with van der Waals surface area (Å²) >= 11 is 0. The van der Waals surface area contributed by atoms with E-state index in [1.165, 1.54) is 0 Å². The van der Waals surface area contributed by atoms with E-state index in [1.807, 2.05) is 12.1 Å². The SMILES string of the molecule is Cc1cc(C(=O)N2CCc3nc4ncccc4cc3C2)no1. The van der Waals surface area contributed by atoms with Crippen molar-refractivity contribution < 1.29 is 9.32 Å². The Balaban J connectivity index is 1.66. The van der Waals surface area contributed by atoms with Gasteiger partial charge in [-0.2, -0.15) is 0 Å². The Labute approximate surface area is 126 Å². The number of hydrogen-bond acceptors (Lipinski definition) is 5. The number of hydrogen-bond donors (Lipinski definition) is 0. The van der Waals surface area contributed by atoms with Gasteiger partial charge in [-0.3, -0.25) is 4.79 Å². The summed E-state index contributed by atoms with van der Waals surface area (Å²) in [6.45, 7) is 2.94. The van der Waals surface area contributed by atoms with Crippen molar-refractivity contribution in [2.45, 2.75) is 19.9 Å². The van der Waals surface area contributed by atoms with Crippen molar-refractivity contribution in [3.8, 4) is 0 Å². The van der Waals surface area contributed by atoms with Gasteiger partial charge in [0, 0.05) is 42.9 Å². The van der Waals surface area contributed by atoms with Gasteiger partial charge in [0.15, 0.2) is 11.3 Å². The number of carbonyl (C=O) groups is 1. The zero-order valence-corrected chi connectivity index (χ0v) is 12.1. The van der Waals surface area contributed by atoms with Crippen molar-refractivity contribution in [1.82, 2.24) is 20.0 Å². The highest BCUT2D eigenvalue weighted by molar-refractivity contribution is 5.92. The lowest BCUT2D eigenvalue weighted by molar-refractivity contribution is 0.0723. The van der Waals surface area contributed by atoms with Gasteiger partial charge in [-0.15, -0.1) is 0 Å². The average molecular weight is 294 g/mol. The third-order valence-corrected chi connectivity index (χ3v) is 3.87. The molecule has 1 aliphatic rings. The number of carbonyl (C=O) groups excluding carboxylic acids is 1. The number of pyridine rings is 2. The molecule has 0 saturated carbocycles. The Morgan fingerprint density at radius 3 is 3.09 bits per heavy atom. The zero-order chi connectivity index (χ0) is 15.1. The van der Waals surface area contributed by atoms with Crippen molar-refractivity contribution in [3.63, 3.8) is 0 Å². The van der Waals surface area contributed by atoms with Crippen LogP contribution in [0.2, 0.25) is 0 Å². The van der Waals surface area contributed by atoms with E-state index >= 15 is 0 Å². The summed E-state index contributed by atoms with van der Waals surface area (Å²) in [5.41, 5.74) is 3.21. The number of nitrogens with zero attached hydrogens (tertiary/aromatic N) is 4. The van der Waals surface area contributed by atoms with Crippen LogP contribution in [0.4, 0.5) is 0 Å². The lowest BCUT2D eigenvalue weighted by Crippen LogP contribution is -2.36. The van der Waals surface area contributed by atoms with Crippen LogP contribution < -0.4 is 0 Å². The van der Waals surface area contributed by atoms with E-state index in [0.29, 0.717) is 24.5 Å². The van der Waals surface area contributed by atoms with E-state index in [0.717, 1.165) is 28.7 Å². The molecule has 4 heterocycles. The average Bonchev–Trinajstić information content (AvgIpc) is 2.98. The Hall–Kier alpha value is -2.76. The monoisotopic (exact) mass is 294 g/mol. The molecule has 0 spiro atoms. The van der Waals surface area contributed by atoms with Crippen molar-refractivity contribution in [3.05, 3.63) is 53.2 Å². The van der Waals surface area contributed by atoms with Gasteiger partial charge in [0.25, 0.3) is 5.91 Å². The molecule has 0 fully saturated rings. The fourth-order valence-electron chi connectivity index (χ4n) is 2.77. The van der Waals surface area contributed by atoms with E-state index in [4.69, 9.17) is 4.52 Å². The summed E-state index contributed by atoms with van der Waals surface area (Å²) in [6, 6.07) is 7.61. The lowest BCUT2D eigenvalue weighted by atomic mass is 10.0. The number of fused-ring (bicyclic) bond motifs is 2. The summed E-state index contributed by atoms with van der Waals surface area (Å²) in [5, 5.41) is 4.80. The van der Waals surface area contributed by atoms with Gasteiger partial charge in [0.1, 0.15) is 5.76 Å². The van der Waals surface area contributed by atoms with Crippen LogP contribution in [-0.4, -0.2) is 32.5 Å². The molecule has 110 valence electrons. The standard InChI is InChI=1S/C16H14N4O2/c1-10-7-14(19-22-10)16(21)20-6-4-13-12(9-20)8-11-3-2-5-17-15(11)18-13/h2-3,5,7-8H,4,6,9H2,1H3. The van der Waals surface area contributed by atoms with Crippen LogP contribution in [0.3, 0.4) is 0 Å². The van der Waals surface area contributed by atoms with Gasteiger partial charge >= 0.3 is 0 Å². The Morgan fingerprint density at radius 2 is 2.27 bits per heavy atom. The smallest absolute Gasteiger partial charge is 0.276 e. The molecule has 0 bridgehead atoms. The topological polar surface area (TPSA) is 72.1 Å². The summed E-state index contributed by atoms with van der Waals surface area (Å²) in [4.78, 5) is 23.1. The molecule has 1 aliphatic heterocycles. The second-order valence-electron chi connectivity index (χ2n) is 5.44. The largest absolute Gasteiger partial charge is 0.361 e. The molecular weight excluding hydrogens is 280 g/mol. The molecule has 0 N–H and O–H groups in total. The van der Waals surface area contributed by atoms with Gasteiger partial charge in [-0.25, -0.2) is 9.97 Å². The second kappa shape index (κ2) is 4.91. The van der Waals surface area contributed by atoms with Crippen molar-refractivity contribution in [1.29, 1.82) is 0 Å². The van der Waals surface area contributed by atoms with Crippen LogP contribution in [-0.2, 0) is 13.0 Å². The molecule has 0 aromatic carbocycles. The minimum atomic E-state index is -0.103. The van der Waals surface area contributed by atoms with E-state index in [-0.39, 0.29) is 5.91 Å². The van der Waals surface area contributed by atoms with Crippen LogP contribution in [0.25, 0.3) is 11.0 Å². The van der Waals surface area contributed by atoms with E-state index in [9.17, 15) is 4.79 Å². The fourth-order valence-corrected chi connectivity index (χ4v) is 2.77. The summed E-state index contributed by atoms with van der Waals surface area (Å²) < 4.78 is 4.99. The molecule has 3 aromatic rings. The minimum Gasteiger partial charge on any atom is -0.361 e. The summed E-state index contributed by atoms with van der Waals surface area (Å²) in [7, 11) is 0. The maximum atomic E-state index is 12.5. The van der Waals surface area contributed by atoms with Gasteiger partial charge in [-0.1, -0.05) is 5.16 Å². The van der Waals surface area contributed by atoms with Crippen molar-refractivity contribution in [2.24, 2.45) is 0 Å². The first-order valence-corrected chi connectivity index (χ1v) is 7.17. The molecule has 0 atom stereocenters. The van der Waals surface area contributed by atoms with Crippen molar-refractivity contribution in [2.75, 3.05) is 6.54 Å². The highest BCUT2D eigenvalue weighted by atomic mass is 16.5. The maximum Gasteiger partial charge on any atom is 0.276 e. The number of aryl methyl sites for hydroxylation is 1. The molecule has 0 aliphatic carbocycles. The predicted molar refractivity (Wildman–Crippen MR) is 79.2 cm³/mol. The van der Waals surface area contributed by atoms with Crippen LogP contribution in [0, 0.1) is 6.92 Å². The van der Waals surface area contributed by atoms with Crippen LogP contribution >= 0.6 is 0 Å². The normalized spacial score (nSPS) is 14.1. The van der Waals surface area contributed by atoms with Crippen molar-refractivity contribution >= 4 is 16.9 Å². The molecule has 6 heteroatoms. The minimum absolute atomic E-state index is 0.103.